The van der Waals surface area contributed by atoms with Crippen molar-refractivity contribution in [3.05, 3.63) is 43.5 Å². The van der Waals surface area contributed by atoms with E-state index in [1.807, 2.05) is 13.8 Å². The van der Waals surface area contributed by atoms with Crippen LogP contribution in [0.4, 0.5) is 11.4 Å². The maximum Gasteiger partial charge on any atom is 0.307 e. The first-order valence-corrected chi connectivity index (χ1v) is 7.59. The number of aromatic nitrogens is 1. The zero-order chi connectivity index (χ0) is 15.6. The van der Waals surface area contributed by atoms with Crippen LogP contribution in [0.15, 0.2) is 23.0 Å². The predicted octanol–water partition coefficient (Wildman–Crippen LogP) is 2.79. The molecule has 0 saturated heterocycles. The highest BCUT2D eigenvalue weighted by atomic mass is 35.5. The van der Waals surface area contributed by atoms with Gasteiger partial charge in [0, 0.05) is 28.6 Å². The third kappa shape index (κ3) is 3.65. The monoisotopic (exact) mass is 325 g/mol. The van der Waals surface area contributed by atoms with E-state index in [4.69, 9.17) is 17.3 Å². The Morgan fingerprint density at radius 1 is 1.43 bits per heavy atom. The standard InChI is InChI=1S/C14H16ClN3O2S/c1-8-9(2)21-14(20)18(8)6-5-13(19)17-12-4-3-10(15)7-11(12)16/h3-4,7H,5-6,16H2,1-2H3,(H,17,19). The quantitative estimate of drug-likeness (QED) is 0.848. The molecule has 0 aliphatic heterocycles. The predicted molar refractivity (Wildman–Crippen MR) is 87.2 cm³/mol. The summed E-state index contributed by atoms with van der Waals surface area (Å²) >= 11 is 7.00. The van der Waals surface area contributed by atoms with Crippen LogP contribution in [0.25, 0.3) is 0 Å². The molecule has 0 unspecified atom stereocenters. The Labute approximate surface area is 131 Å². The number of nitrogen functional groups attached to an aromatic ring is 1. The number of anilines is 2. The minimum Gasteiger partial charge on any atom is -0.397 e. The highest BCUT2D eigenvalue weighted by Crippen LogP contribution is 2.22. The summed E-state index contributed by atoms with van der Waals surface area (Å²) in [6.45, 7) is 4.13. The minimum atomic E-state index is -0.195. The molecule has 0 aliphatic carbocycles. The lowest BCUT2D eigenvalue weighted by Gasteiger charge is -2.09. The Bertz CT molecular complexity index is 736. The van der Waals surface area contributed by atoms with E-state index in [1.54, 1.807) is 22.8 Å². The summed E-state index contributed by atoms with van der Waals surface area (Å²) in [5, 5.41) is 3.23. The van der Waals surface area contributed by atoms with Crippen molar-refractivity contribution in [2.75, 3.05) is 11.1 Å². The molecular formula is C14H16ClN3O2S. The summed E-state index contributed by atoms with van der Waals surface area (Å²) in [5.41, 5.74) is 7.62. The van der Waals surface area contributed by atoms with Crippen LogP contribution in [0.3, 0.4) is 0 Å². The van der Waals surface area contributed by atoms with Crippen molar-refractivity contribution in [3.63, 3.8) is 0 Å². The average Bonchev–Trinajstić information content (AvgIpc) is 2.65. The smallest absolute Gasteiger partial charge is 0.307 e. The lowest BCUT2D eigenvalue weighted by Crippen LogP contribution is -2.20. The fourth-order valence-electron chi connectivity index (χ4n) is 1.92. The minimum absolute atomic E-state index is 0.0381. The largest absolute Gasteiger partial charge is 0.397 e. The van der Waals surface area contributed by atoms with Crippen molar-refractivity contribution >= 4 is 40.2 Å². The Hall–Kier alpha value is -1.79. The highest BCUT2D eigenvalue weighted by molar-refractivity contribution is 7.09. The zero-order valence-corrected chi connectivity index (χ0v) is 13.3. The van der Waals surface area contributed by atoms with Gasteiger partial charge in [0.2, 0.25) is 5.91 Å². The number of carbonyl (C=O) groups excluding carboxylic acids is 1. The first kappa shape index (κ1) is 15.6. The van der Waals surface area contributed by atoms with Crippen molar-refractivity contribution in [2.24, 2.45) is 0 Å². The van der Waals surface area contributed by atoms with E-state index in [9.17, 15) is 9.59 Å². The second-order valence-electron chi connectivity index (χ2n) is 4.69. The van der Waals surface area contributed by atoms with Crippen LogP contribution >= 0.6 is 22.9 Å². The number of amides is 1. The number of nitrogens with two attached hydrogens (primary N) is 1. The van der Waals surface area contributed by atoms with Crippen LogP contribution in [0.1, 0.15) is 17.0 Å². The molecule has 0 radical (unpaired) electrons. The van der Waals surface area contributed by atoms with Crippen LogP contribution < -0.4 is 15.9 Å². The SMILES string of the molecule is Cc1sc(=O)n(CCC(=O)Nc2ccc(Cl)cc2N)c1C. The summed E-state index contributed by atoms with van der Waals surface area (Å²) in [4.78, 5) is 24.6. The van der Waals surface area contributed by atoms with E-state index in [0.717, 1.165) is 10.6 Å². The molecule has 0 spiro atoms. The van der Waals surface area contributed by atoms with Crippen LogP contribution in [0.5, 0.6) is 0 Å². The summed E-state index contributed by atoms with van der Waals surface area (Å²) in [6.07, 6.45) is 0.207. The van der Waals surface area contributed by atoms with E-state index < -0.39 is 0 Å². The lowest BCUT2D eigenvalue weighted by atomic mass is 10.2. The molecule has 1 amide bonds. The van der Waals surface area contributed by atoms with Crippen LogP contribution in [0.2, 0.25) is 5.02 Å². The number of rotatable bonds is 4. The van der Waals surface area contributed by atoms with Crippen molar-refractivity contribution in [3.8, 4) is 0 Å². The van der Waals surface area contributed by atoms with Gasteiger partial charge in [-0.3, -0.25) is 9.59 Å². The Morgan fingerprint density at radius 2 is 2.14 bits per heavy atom. The van der Waals surface area contributed by atoms with Gasteiger partial charge in [-0.05, 0) is 32.0 Å². The molecule has 112 valence electrons. The molecule has 2 rings (SSSR count). The normalized spacial score (nSPS) is 10.6. The molecule has 0 saturated carbocycles. The third-order valence-electron chi connectivity index (χ3n) is 3.23. The summed E-state index contributed by atoms with van der Waals surface area (Å²) < 4.78 is 1.62. The topological polar surface area (TPSA) is 77.1 Å². The molecule has 0 fully saturated rings. The fraction of sp³-hybridized carbons (Fsp3) is 0.286. The van der Waals surface area contributed by atoms with Gasteiger partial charge in [-0.2, -0.15) is 0 Å². The van der Waals surface area contributed by atoms with Crippen molar-refractivity contribution < 1.29 is 4.79 Å². The number of halogens is 1. The first-order valence-electron chi connectivity index (χ1n) is 6.40. The molecule has 5 nitrogen and oxygen atoms in total. The number of thiazole rings is 1. The van der Waals surface area contributed by atoms with Gasteiger partial charge in [0.15, 0.2) is 0 Å². The number of hydrogen-bond donors (Lipinski definition) is 2. The fourth-order valence-corrected chi connectivity index (χ4v) is 2.96. The zero-order valence-electron chi connectivity index (χ0n) is 11.8. The average molecular weight is 326 g/mol. The van der Waals surface area contributed by atoms with Crippen LogP contribution in [-0.2, 0) is 11.3 Å². The third-order valence-corrected chi connectivity index (χ3v) is 4.46. The van der Waals surface area contributed by atoms with Crippen LogP contribution in [-0.4, -0.2) is 10.5 Å². The number of nitrogens with zero attached hydrogens (tertiary/aromatic N) is 1. The molecular weight excluding hydrogens is 310 g/mol. The second kappa shape index (κ2) is 6.32. The van der Waals surface area contributed by atoms with E-state index in [1.165, 1.54) is 11.3 Å². The van der Waals surface area contributed by atoms with Gasteiger partial charge in [0.1, 0.15) is 0 Å². The number of hydrogen-bond acceptors (Lipinski definition) is 4. The number of nitrogens with one attached hydrogen (secondary N) is 1. The maximum atomic E-state index is 11.9. The highest BCUT2D eigenvalue weighted by Gasteiger charge is 2.10. The molecule has 21 heavy (non-hydrogen) atoms. The second-order valence-corrected chi connectivity index (χ2v) is 6.29. The molecule has 3 N–H and O–H groups in total. The van der Waals surface area contributed by atoms with Gasteiger partial charge in [0.05, 0.1) is 11.4 Å². The van der Waals surface area contributed by atoms with E-state index >= 15 is 0 Å². The van der Waals surface area contributed by atoms with Gasteiger partial charge in [-0.15, -0.1) is 0 Å². The lowest BCUT2D eigenvalue weighted by molar-refractivity contribution is -0.116. The molecule has 0 aliphatic rings. The van der Waals surface area contributed by atoms with Crippen molar-refractivity contribution in [1.82, 2.24) is 4.57 Å². The number of aryl methyl sites for hydroxylation is 1. The molecule has 1 heterocycles. The Balaban J connectivity index is 2.01. The van der Waals surface area contributed by atoms with Crippen molar-refractivity contribution in [2.45, 2.75) is 26.8 Å². The maximum absolute atomic E-state index is 11.9. The summed E-state index contributed by atoms with van der Waals surface area (Å²) in [6, 6.07) is 4.89. The summed E-state index contributed by atoms with van der Waals surface area (Å²) in [7, 11) is 0. The van der Waals surface area contributed by atoms with Crippen molar-refractivity contribution in [1.29, 1.82) is 0 Å². The Morgan fingerprint density at radius 3 is 2.71 bits per heavy atom. The number of benzene rings is 1. The van der Waals surface area contributed by atoms with Gasteiger partial charge in [-0.1, -0.05) is 22.9 Å². The van der Waals surface area contributed by atoms with Crippen LogP contribution in [0, 0.1) is 13.8 Å². The first-order chi connectivity index (χ1) is 9.88. The van der Waals surface area contributed by atoms with Gasteiger partial charge in [-0.25, -0.2) is 0 Å². The van der Waals surface area contributed by atoms with E-state index in [-0.39, 0.29) is 17.2 Å². The molecule has 2 aromatic rings. The van der Waals surface area contributed by atoms with E-state index in [0.29, 0.717) is 22.9 Å². The molecule has 0 bridgehead atoms. The van der Waals surface area contributed by atoms with E-state index in [2.05, 4.69) is 5.32 Å². The molecule has 7 heteroatoms. The summed E-state index contributed by atoms with van der Waals surface area (Å²) in [5.74, 6) is -0.195. The molecule has 1 aromatic heterocycles. The molecule has 0 atom stereocenters. The number of carbonyl (C=O) groups is 1. The molecule has 1 aromatic carbocycles. The Kier molecular flexibility index (Phi) is 4.69. The van der Waals surface area contributed by atoms with Gasteiger partial charge in [0.25, 0.3) is 0 Å². The van der Waals surface area contributed by atoms with Gasteiger partial charge >= 0.3 is 4.87 Å². The van der Waals surface area contributed by atoms with Gasteiger partial charge < -0.3 is 15.6 Å².